The second kappa shape index (κ2) is 3.58. The molecule has 74 valence electrons. The van der Waals surface area contributed by atoms with Gasteiger partial charge in [-0.1, -0.05) is 18.0 Å². The minimum absolute atomic E-state index is 0.291. The van der Waals surface area contributed by atoms with E-state index >= 15 is 0 Å². The molecule has 1 saturated carbocycles. The molecular weight excluding hydrogens is 202 g/mol. The molecular formula is C10H10ClNO2. The monoisotopic (exact) mass is 211 g/mol. The van der Waals surface area contributed by atoms with Crippen molar-refractivity contribution >= 4 is 17.6 Å². The van der Waals surface area contributed by atoms with Gasteiger partial charge in [0.1, 0.15) is 5.15 Å². The van der Waals surface area contributed by atoms with E-state index in [4.69, 9.17) is 16.7 Å². The Balaban J connectivity index is 2.42. The predicted octanol–water partition coefficient (Wildman–Crippen LogP) is 2.70. The number of halogens is 1. The standard InChI is InChI=1S/C10H10ClNO2/c11-8-5-4-7(10(13)14)9(12-8)6-2-1-3-6/h4-6H,1-3H2,(H,13,14). The number of pyridine rings is 1. The number of rotatable bonds is 2. The molecule has 1 aromatic rings. The van der Waals surface area contributed by atoms with Gasteiger partial charge in [0.05, 0.1) is 11.3 Å². The molecule has 0 saturated heterocycles. The van der Waals surface area contributed by atoms with Crippen molar-refractivity contribution in [1.82, 2.24) is 4.98 Å². The van der Waals surface area contributed by atoms with Gasteiger partial charge in [-0.3, -0.25) is 0 Å². The highest BCUT2D eigenvalue weighted by Gasteiger charge is 2.26. The summed E-state index contributed by atoms with van der Waals surface area (Å²) in [5.74, 6) is -0.629. The molecule has 1 N–H and O–H groups in total. The number of hydrogen-bond acceptors (Lipinski definition) is 2. The van der Waals surface area contributed by atoms with Crippen LogP contribution in [0.4, 0.5) is 0 Å². The Bertz CT molecular complexity index is 374. The SMILES string of the molecule is O=C(O)c1ccc(Cl)nc1C1CCC1. The second-order valence-electron chi connectivity index (χ2n) is 3.50. The van der Waals surface area contributed by atoms with E-state index in [0.29, 0.717) is 22.3 Å². The van der Waals surface area contributed by atoms with Crippen LogP contribution in [-0.4, -0.2) is 16.1 Å². The number of carboxylic acid groups (broad SMARTS) is 1. The summed E-state index contributed by atoms with van der Waals surface area (Å²) in [6, 6.07) is 3.05. The molecule has 1 aromatic heterocycles. The third kappa shape index (κ3) is 1.60. The fourth-order valence-corrected chi connectivity index (χ4v) is 1.78. The van der Waals surface area contributed by atoms with Gasteiger partial charge in [0.2, 0.25) is 0 Å². The van der Waals surface area contributed by atoms with E-state index in [2.05, 4.69) is 4.98 Å². The first-order chi connectivity index (χ1) is 6.68. The van der Waals surface area contributed by atoms with Crippen molar-refractivity contribution in [3.8, 4) is 0 Å². The molecule has 4 heteroatoms. The van der Waals surface area contributed by atoms with Crippen molar-refractivity contribution in [2.45, 2.75) is 25.2 Å². The van der Waals surface area contributed by atoms with Crippen molar-refractivity contribution in [2.75, 3.05) is 0 Å². The topological polar surface area (TPSA) is 50.2 Å². The van der Waals surface area contributed by atoms with Crippen LogP contribution < -0.4 is 0 Å². The van der Waals surface area contributed by atoms with Crippen LogP contribution in [0.1, 0.15) is 41.2 Å². The average Bonchev–Trinajstić information content (AvgIpc) is 2.00. The van der Waals surface area contributed by atoms with Crippen LogP contribution in [0.3, 0.4) is 0 Å². The van der Waals surface area contributed by atoms with Crippen LogP contribution in [-0.2, 0) is 0 Å². The van der Waals surface area contributed by atoms with Gasteiger partial charge in [-0.15, -0.1) is 0 Å². The van der Waals surface area contributed by atoms with E-state index in [1.807, 2.05) is 0 Å². The van der Waals surface area contributed by atoms with Crippen molar-refractivity contribution in [2.24, 2.45) is 0 Å². The van der Waals surface area contributed by atoms with E-state index < -0.39 is 5.97 Å². The normalized spacial score (nSPS) is 16.4. The Morgan fingerprint density at radius 2 is 2.21 bits per heavy atom. The Morgan fingerprint density at radius 1 is 1.50 bits per heavy atom. The van der Waals surface area contributed by atoms with E-state index in [9.17, 15) is 4.79 Å². The van der Waals surface area contributed by atoms with Crippen LogP contribution in [0.5, 0.6) is 0 Å². The van der Waals surface area contributed by atoms with Crippen molar-refractivity contribution in [1.29, 1.82) is 0 Å². The quantitative estimate of drug-likeness (QED) is 0.766. The van der Waals surface area contributed by atoms with Crippen LogP contribution in [0.2, 0.25) is 5.15 Å². The summed E-state index contributed by atoms with van der Waals surface area (Å²) < 4.78 is 0. The molecule has 0 radical (unpaired) electrons. The lowest BCUT2D eigenvalue weighted by atomic mass is 9.81. The van der Waals surface area contributed by atoms with Gasteiger partial charge in [-0.2, -0.15) is 0 Å². The lowest BCUT2D eigenvalue weighted by Gasteiger charge is -2.25. The third-order valence-corrected chi connectivity index (χ3v) is 2.82. The molecule has 1 heterocycles. The van der Waals surface area contributed by atoms with Crippen LogP contribution in [0.15, 0.2) is 12.1 Å². The molecule has 0 atom stereocenters. The molecule has 1 aliphatic rings. The highest BCUT2D eigenvalue weighted by molar-refractivity contribution is 6.29. The molecule has 0 aromatic carbocycles. The molecule has 0 spiro atoms. The summed E-state index contributed by atoms with van der Waals surface area (Å²) >= 11 is 5.74. The zero-order valence-corrected chi connectivity index (χ0v) is 8.29. The Kier molecular flexibility index (Phi) is 2.42. The van der Waals surface area contributed by atoms with E-state index in [0.717, 1.165) is 19.3 Å². The fraction of sp³-hybridized carbons (Fsp3) is 0.400. The number of carboxylic acids is 1. The van der Waals surface area contributed by atoms with Crippen molar-refractivity contribution in [3.63, 3.8) is 0 Å². The van der Waals surface area contributed by atoms with Gasteiger partial charge in [0, 0.05) is 5.92 Å². The highest BCUT2D eigenvalue weighted by atomic mass is 35.5. The van der Waals surface area contributed by atoms with E-state index in [1.54, 1.807) is 0 Å². The summed E-state index contributed by atoms with van der Waals surface area (Å²) in [6.07, 6.45) is 3.19. The number of aromatic carboxylic acids is 1. The maximum Gasteiger partial charge on any atom is 0.337 e. The van der Waals surface area contributed by atoms with Crippen molar-refractivity contribution < 1.29 is 9.90 Å². The summed E-state index contributed by atoms with van der Waals surface area (Å²) in [4.78, 5) is 15.0. The van der Waals surface area contributed by atoms with Gasteiger partial charge in [-0.25, -0.2) is 9.78 Å². The minimum atomic E-state index is -0.920. The highest BCUT2D eigenvalue weighted by Crippen LogP contribution is 2.37. The molecule has 3 nitrogen and oxygen atoms in total. The Morgan fingerprint density at radius 3 is 2.71 bits per heavy atom. The summed E-state index contributed by atoms with van der Waals surface area (Å²) in [5.41, 5.74) is 0.940. The van der Waals surface area contributed by atoms with Crippen LogP contribution in [0.25, 0.3) is 0 Å². The third-order valence-electron chi connectivity index (χ3n) is 2.61. The maximum atomic E-state index is 10.9. The zero-order valence-electron chi connectivity index (χ0n) is 7.53. The number of aromatic nitrogens is 1. The smallest absolute Gasteiger partial charge is 0.337 e. The summed E-state index contributed by atoms with van der Waals surface area (Å²) in [6.45, 7) is 0. The van der Waals surface area contributed by atoms with Crippen LogP contribution >= 0.6 is 11.6 Å². The Hall–Kier alpha value is -1.09. The molecule has 0 aliphatic heterocycles. The molecule has 1 aliphatic carbocycles. The summed E-state index contributed by atoms with van der Waals surface area (Å²) in [5, 5.41) is 9.31. The molecule has 2 rings (SSSR count). The first-order valence-electron chi connectivity index (χ1n) is 4.58. The largest absolute Gasteiger partial charge is 0.478 e. The molecule has 14 heavy (non-hydrogen) atoms. The number of hydrogen-bond donors (Lipinski definition) is 1. The molecule has 1 fully saturated rings. The van der Waals surface area contributed by atoms with Crippen LogP contribution in [0, 0.1) is 0 Å². The first-order valence-corrected chi connectivity index (χ1v) is 4.96. The zero-order chi connectivity index (χ0) is 10.1. The van der Waals surface area contributed by atoms with Crippen molar-refractivity contribution in [3.05, 3.63) is 28.5 Å². The molecule has 0 amide bonds. The van der Waals surface area contributed by atoms with Gasteiger partial charge < -0.3 is 5.11 Å². The number of nitrogens with zero attached hydrogens (tertiary/aromatic N) is 1. The minimum Gasteiger partial charge on any atom is -0.478 e. The fourth-order valence-electron chi connectivity index (χ4n) is 1.62. The Labute approximate surface area is 86.7 Å². The lowest BCUT2D eigenvalue weighted by molar-refractivity contribution is 0.0693. The first kappa shape index (κ1) is 9.46. The lowest BCUT2D eigenvalue weighted by Crippen LogP contribution is -2.15. The predicted molar refractivity (Wildman–Crippen MR) is 52.8 cm³/mol. The second-order valence-corrected chi connectivity index (χ2v) is 3.89. The van der Waals surface area contributed by atoms with Gasteiger partial charge in [0.25, 0.3) is 0 Å². The van der Waals surface area contributed by atoms with E-state index in [1.165, 1.54) is 12.1 Å². The number of carbonyl (C=O) groups is 1. The van der Waals surface area contributed by atoms with E-state index in [-0.39, 0.29) is 0 Å². The average molecular weight is 212 g/mol. The van der Waals surface area contributed by atoms with Gasteiger partial charge >= 0.3 is 5.97 Å². The molecule has 0 bridgehead atoms. The maximum absolute atomic E-state index is 10.9. The van der Waals surface area contributed by atoms with Gasteiger partial charge in [0.15, 0.2) is 0 Å². The summed E-state index contributed by atoms with van der Waals surface area (Å²) in [7, 11) is 0. The van der Waals surface area contributed by atoms with Gasteiger partial charge in [-0.05, 0) is 25.0 Å². The molecule has 0 unspecified atom stereocenters.